The Balaban J connectivity index is -0.0000000279. The zero-order valence-electron chi connectivity index (χ0n) is 7.29. The molecule has 0 spiro atoms. The molecule has 9 heteroatoms. The molecule has 0 aliphatic heterocycles. The fraction of sp³-hybridized carbons (Fsp3) is 0.500. The van der Waals surface area contributed by atoms with Crippen molar-refractivity contribution in [3.63, 3.8) is 0 Å². The molecule has 0 atom stereocenters. The number of hydrogen-bond donors (Lipinski definition) is 1. The van der Waals surface area contributed by atoms with E-state index in [1.54, 1.807) is 0 Å². The summed E-state index contributed by atoms with van der Waals surface area (Å²) in [5.41, 5.74) is 0. The molecule has 0 aromatic carbocycles. The van der Waals surface area contributed by atoms with Crippen molar-refractivity contribution in [1.29, 1.82) is 0 Å². The van der Waals surface area contributed by atoms with E-state index in [9.17, 15) is 4.79 Å². The molecule has 13 heavy (non-hydrogen) atoms. The van der Waals surface area contributed by atoms with Crippen LogP contribution >= 0.6 is 23.2 Å². The Bertz CT molecular complexity index is 115. The number of carboxylic acid groups (broad SMARTS) is 2. The van der Waals surface area contributed by atoms with Crippen molar-refractivity contribution in [3.8, 4) is 0 Å². The summed E-state index contributed by atoms with van der Waals surface area (Å²) in [5, 5.41) is 15.3. The van der Waals surface area contributed by atoms with Crippen LogP contribution in [0.15, 0.2) is 0 Å². The van der Waals surface area contributed by atoms with Crippen LogP contribution in [0.3, 0.4) is 0 Å². The van der Waals surface area contributed by atoms with Crippen LogP contribution in [0.25, 0.3) is 0 Å². The van der Waals surface area contributed by atoms with E-state index in [1.807, 2.05) is 0 Å². The van der Waals surface area contributed by atoms with Crippen molar-refractivity contribution in [1.82, 2.24) is 0 Å². The van der Waals surface area contributed by atoms with Crippen molar-refractivity contribution in [2.24, 2.45) is 0 Å². The maximum absolute atomic E-state index is 9.92. The van der Waals surface area contributed by atoms with Crippen molar-refractivity contribution in [3.05, 3.63) is 0 Å². The summed E-state index contributed by atoms with van der Waals surface area (Å²) in [5.74, 6) is -0.0640. The number of hydrogen-bond acceptors (Lipinski definition) is 4. The minimum atomic E-state index is -2.08. The summed E-state index contributed by atoms with van der Waals surface area (Å²) in [6.45, 7) is 0. The first-order valence-electron chi connectivity index (χ1n) is 2.08. The Morgan fingerprint density at radius 3 is 1.38 bits per heavy atom. The van der Waals surface area contributed by atoms with Crippen molar-refractivity contribution in [2.75, 3.05) is 11.8 Å². The Labute approximate surface area is 150 Å². The Kier molecular flexibility index (Phi) is 53.7. The summed E-state index contributed by atoms with van der Waals surface area (Å²) >= 11 is 10.0. The van der Waals surface area contributed by atoms with Gasteiger partial charge in [-0.2, -0.15) is 0 Å². The van der Waals surface area contributed by atoms with Gasteiger partial charge in [-0.1, -0.05) is 0 Å². The first-order chi connectivity index (χ1) is 4.54. The number of carbonyl (C=O) groups excluding carboxylic acids is 1. The average molecular weight is 267 g/mol. The Hall–Kier alpha value is 2.12. The van der Waals surface area contributed by atoms with Gasteiger partial charge in [0.1, 0.15) is 0 Å². The molecule has 0 aromatic rings. The quantitative estimate of drug-likeness (QED) is 0.395. The topological polar surface area (TPSA) is 107 Å². The fourth-order valence-electron chi connectivity index (χ4n) is 0.0357. The number of halogens is 2. The number of Topliss-reactive ketones (excluding diaryl/α,β-unsaturated/α-hetero) is 1. The largest absolute Gasteiger partial charge is 1.00 e. The fourth-order valence-corrected chi connectivity index (χ4v) is 0.321. The molecule has 2 N–H and O–H groups in total. The molecule has 68 valence electrons. The van der Waals surface area contributed by atoms with Crippen LogP contribution < -0.4 is 86.0 Å². The molecule has 0 unspecified atom stereocenters. The molecular weight excluding hydrogens is 261 g/mol. The maximum Gasteiger partial charge on any atom is 1.00 e. The molecule has 0 rings (SSSR count). The second kappa shape index (κ2) is 23.7. The molecule has 5 nitrogen and oxygen atoms in total. The van der Waals surface area contributed by atoms with Crippen LogP contribution in [0.5, 0.6) is 0 Å². The monoisotopic (exact) mass is 266 g/mol. The van der Waals surface area contributed by atoms with Crippen LogP contribution in [0.1, 0.15) is 0 Å². The number of rotatable bonds is 2. The second-order valence-corrected chi connectivity index (χ2v) is 1.61. The minimum absolute atomic E-state index is 0. The van der Waals surface area contributed by atoms with Gasteiger partial charge in [-0.3, -0.25) is 4.79 Å². The molecule has 0 amide bonds. The first-order valence-corrected chi connectivity index (χ1v) is 3.15. The van der Waals surface area contributed by atoms with E-state index in [0.717, 1.165) is 0 Å². The van der Waals surface area contributed by atoms with Crippen LogP contribution in [-0.4, -0.2) is 34.3 Å². The van der Waals surface area contributed by atoms with Crippen LogP contribution in [0.2, 0.25) is 0 Å². The molecule has 0 saturated heterocycles. The third-order valence-electron chi connectivity index (χ3n) is 0.298. The van der Waals surface area contributed by atoms with Gasteiger partial charge in [0.2, 0.25) is 6.16 Å². The molecule has 0 aliphatic carbocycles. The Morgan fingerprint density at radius 2 is 1.38 bits per heavy atom. The standard InChI is InChI=1S/C3H4Cl2O.CH2O3.K.Na.H2O/c4-1-3(6)2-5;2-1(3)4;;;/h1-2H2;(H2,2,3,4);;;1H2/q;;2*+1;/p-2. The molecule has 0 heterocycles. The molecule has 0 aromatic heterocycles. The molecule has 0 fully saturated rings. The smallest absolute Gasteiger partial charge is 0.870 e. The summed E-state index contributed by atoms with van der Waals surface area (Å²) < 4.78 is 0. The molecular formula is C4H6Cl2KNaO5. The van der Waals surface area contributed by atoms with Crippen LogP contribution in [-0.2, 0) is 4.79 Å². The van der Waals surface area contributed by atoms with E-state index in [0.29, 0.717) is 0 Å². The summed E-state index contributed by atoms with van der Waals surface area (Å²) in [6, 6.07) is 0. The summed E-state index contributed by atoms with van der Waals surface area (Å²) in [7, 11) is 0. The van der Waals surface area contributed by atoms with E-state index in [4.69, 9.17) is 38.2 Å². The van der Waals surface area contributed by atoms with E-state index in [-0.39, 0.29) is 104 Å². The van der Waals surface area contributed by atoms with Gasteiger partial charge in [-0.05, 0) is 0 Å². The van der Waals surface area contributed by atoms with Gasteiger partial charge in [0.15, 0.2) is 5.78 Å². The van der Waals surface area contributed by atoms with E-state index >= 15 is 0 Å². The number of ketones is 1. The van der Waals surface area contributed by atoms with Crippen LogP contribution in [0.4, 0.5) is 4.79 Å². The van der Waals surface area contributed by atoms with Crippen LogP contribution in [0, 0.1) is 0 Å². The van der Waals surface area contributed by atoms with Gasteiger partial charge in [0.25, 0.3) is 0 Å². The third-order valence-corrected chi connectivity index (χ3v) is 0.894. The molecule has 0 saturated carbocycles. The van der Waals surface area contributed by atoms with E-state index in [2.05, 4.69) is 0 Å². The minimum Gasteiger partial charge on any atom is -0.870 e. The zero-order valence-corrected chi connectivity index (χ0v) is 13.9. The van der Waals surface area contributed by atoms with Gasteiger partial charge in [0.05, 0.1) is 11.8 Å². The summed E-state index contributed by atoms with van der Waals surface area (Å²) in [4.78, 5) is 18.4. The van der Waals surface area contributed by atoms with Crippen molar-refractivity contribution in [2.45, 2.75) is 0 Å². The van der Waals surface area contributed by atoms with Gasteiger partial charge in [0, 0.05) is 0 Å². The van der Waals surface area contributed by atoms with Gasteiger partial charge >= 0.3 is 80.9 Å². The zero-order chi connectivity index (χ0) is 8.57. The normalized spacial score (nSPS) is 5.69. The van der Waals surface area contributed by atoms with E-state index in [1.165, 1.54) is 0 Å². The molecule has 0 aliphatic rings. The van der Waals surface area contributed by atoms with Gasteiger partial charge in [-0.15, -0.1) is 23.2 Å². The average Bonchev–Trinajstić information content (AvgIpc) is 1.85. The van der Waals surface area contributed by atoms with Crippen molar-refractivity contribution >= 4 is 35.1 Å². The maximum atomic E-state index is 9.92. The first kappa shape index (κ1) is 29.4. The van der Waals surface area contributed by atoms with Gasteiger partial charge < -0.3 is 20.5 Å². The number of carbonyl (C=O) groups is 2. The molecule has 0 bridgehead atoms. The van der Waals surface area contributed by atoms with E-state index < -0.39 is 6.16 Å². The number of alkyl halides is 2. The Morgan fingerprint density at radius 1 is 1.23 bits per heavy atom. The summed E-state index contributed by atoms with van der Waals surface area (Å²) in [6.07, 6.45) is -2.08. The second-order valence-electron chi connectivity index (χ2n) is 1.07. The van der Waals surface area contributed by atoms with Gasteiger partial charge in [-0.25, -0.2) is 0 Å². The molecule has 0 radical (unpaired) electrons. The van der Waals surface area contributed by atoms with Crippen molar-refractivity contribution < 1.29 is 106 Å². The predicted molar refractivity (Wildman–Crippen MR) is 36.4 cm³/mol. The SMILES string of the molecule is O=C(CCl)CCl.O=C([O-])O.[K+].[Na+].[OH-]. The predicted octanol–water partition coefficient (Wildman–Crippen LogP) is -6.25. The third kappa shape index (κ3) is 55.4.